The molecule has 7 N–H and O–H groups in total. The van der Waals surface area contributed by atoms with Crippen LogP contribution in [0, 0.1) is 0 Å². The maximum absolute atomic E-state index is 9.35. The van der Waals surface area contributed by atoms with Crippen molar-refractivity contribution in [3.8, 4) is 0 Å². The van der Waals surface area contributed by atoms with Gasteiger partial charge in [0.15, 0.2) is 0 Å². The summed E-state index contributed by atoms with van der Waals surface area (Å²) in [5.41, 5.74) is 0. The fourth-order valence-electron chi connectivity index (χ4n) is 0. The molecule has 0 atom stereocenters. The van der Waals surface area contributed by atoms with Crippen LogP contribution in [0.15, 0.2) is 0 Å². The molecule has 0 aromatic rings. The molecule has 0 unspecified atom stereocenters. The van der Waals surface area contributed by atoms with E-state index in [0.717, 1.165) is 0 Å². The van der Waals surface area contributed by atoms with Crippen molar-refractivity contribution < 1.29 is 19.0 Å². The third kappa shape index (κ3) is 68.5. The van der Waals surface area contributed by atoms with E-state index in [2.05, 4.69) is 10.5 Å². The topological polar surface area (TPSA) is 131 Å². The first-order chi connectivity index (χ1) is 4.29. The Morgan fingerprint density at radius 3 is 1.21 bits per heavy atom. The first-order valence-electron chi connectivity index (χ1n) is 2.34. The molecule has 0 amide bonds. The Kier molecular flexibility index (Phi) is 59.9. The van der Waals surface area contributed by atoms with Crippen LogP contribution in [0.4, 0.5) is 0 Å². The Morgan fingerprint density at radius 2 is 1.21 bits per heavy atom. The third-order valence-corrected chi connectivity index (χ3v) is 0.412. The van der Waals surface area contributed by atoms with E-state index in [1.54, 1.807) is 0 Å². The summed E-state index contributed by atoms with van der Waals surface area (Å²) in [5.74, 6) is 4.04. The van der Waals surface area contributed by atoms with Crippen LogP contribution >= 0.6 is 7.82 Å². The molecule has 7 nitrogen and oxygen atoms in total. The fraction of sp³-hybridized carbons (Fsp3) is 1.00. The molecule has 0 bridgehead atoms. The zero-order valence-corrected chi connectivity index (χ0v) is 7.78. The van der Waals surface area contributed by atoms with Crippen molar-refractivity contribution in [3.05, 3.63) is 0 Å². The summed E-state index contributed by atoms with van der Waals surface area (Å²) < 4.78 is 12.5. The van der Waals surface area contributed by atoms with Crippen molar-refractivity contribution in [1.82, 2.24) is 11.1 Å². The minimum atomic E-state index is -4.37. The molecule has 0 aromatic carbocycles. The standard InChI is InChI=1S/C3H9N.3K.H4NO4P.H3N.3H/c1-4(2)3;;;;1-5-6(2,3)4;;;;/h1-3H3;;;;1H2,(H2,2,3,4);1H3;;;. The molecule has 0 saturated carbocycles. The zero-order chi connectivity index (χ0) is 8.78. The Hall–Kier alpha value is 4.90. The Balaban J connectivity index is -0.0000000185. The molecule has 78 valence electrons. The van der Waals surface area contributed by atoms with E-state index in [1.807, 2.05) is 26.0 Å². The Bertz CT molecular complexity index is 121. The van der Waals surface area contributed by atoms with Crippen LogP contribution in [0.1, 0.15) is 0 Å². The predicted molar refractivity (Wildman–Crippen MR) is 63.4 cm³/mol. The molecule has 0 heterocycles. The summed E-state index contributed by atoms with van der Waals surface area (Å²) in [6, 6.07) is 0. The van der Waals surface area contributed by atoms with Gasteiger partial charge in [-0.1, -0.05) is 0 Å². The average molecular weight is 309 g/mol. The van der Waals surface area contributed by atoms with Gasteiger partial charge in [-0.25, -0.2) is 15.1 Å². The van der Waals surface area contributed by atoms with E-state index in [9.17, 15) is 4.57 Å². The molecule has 0 rings (SSSR count). The van der Waals surface area contributed by atoms with Crippen LogP contribution < -0.4 is 12.0 Å². The van der Waals surface area contributed by atoms with Gasteiger partial charge in [0.25, 0.3) is 0 Å². The molecule has 0 saturated heterocycles. The van der Waals surface area contributed by atoms with Crippen LogP contribution in [0.5, 0.6) is 0 Å². The van der Waals surface area contributed by atoms with Gasteiger partial charge in [-0.3, -0.25) is 0 Å². The second kappa shape index (κ2) is 23.0. The van der Waals surface area contributed by atoms with Crippen LogP contribution in [0.2, 0.25) is 0 Å². The van der Waals surface area contributed by atoms with Crippen LogP contribution in [0.25, 0.3) is 0 Å². The van der Waals surface area contributed by atoms with Crippen molar-refractivity contribution in [1.29, 1.82) is 0 Å². The molecule has 0 aliphatic carbocycles. The van der Waals surface area contributed by atoms with Gasteiger partial charge in [-0.05, 0) is 21.1 Å². The summed E-state index contributed by atoms with van der Waals surface area (Å²) in [5, 5.41) is 0. The first-order valence-corrected chi connectivity index (χ1v) is 3.87. The van der Waals surface area contributed by atoms with E-state index in [-0.39, 0.29) is 160 Å². The number of hydrogen-bond donors (Lipinski definition) is 4. The molecular formula is C3H19K3N3O4P. The van der Waals surface area contributed by atoms with Crippen molar-refractivity contribution in [2.24, 2.45) is 5.90 Å². The summed E-state index contributed by atoms with van der Waals surface area (Å²) in [4.78, 5) is 17.2. The second-order valence-corrected chi connectivity index (χ2v) is 3.13. The van der Waals surface area contributed by atoms with Crippen molar-refractivity contribution in [3.63, 3.8) is 0 Å². The number of rotatable bonds is 1. The molecule has 0 aromatic heterocycles. The monoisotopic (exact) mass is 309 g/mol. The van der Waals surface area contributed by atoms with Gasteiger partial charge in [0.05, 0.1) is 0 Å². The molecule has 0 fully saturated rings. The van der Waals surface area contributed by atoms with Gasteiger partial charge in [-0.15, -0.1) is 0 Å². The molecular weight excluding hydrogens is 290 g/mol. The van der Waals surface area contributed by atoms with E-state index in [4.69, 9.17) is 9.79 Å². The molecule has 0 spiro atoms. The normalized spacial score (nSPS) is 7.64. The Labute approximate surface area is 213 Å². The molecule has 0 aliphatic heterocycles. The fourth-order valence-corrected chi connectivity index (χ4v) is 0. The predicted octanol–water partition coefficient (Wildman–Crippen LogP) is -2.64. The van der Waals surface area contributed by atoms with E-state index < -0.39 is 7.82 Å². The van der Waals surface area contributed by atoms with Crippen molar-refractivity contribution in [2.45, 2.75) is 0 Å². The molecule has 11 heteroatoms. The summed E-state index contributed by atoms with van der Waals surface area (Å²) >= 11 is 0. The summed E-state index contributed by atoms with van der Waals surface area (Å²) in [7, 11) is 1.63. The maximum atomic E-state index is 9.35. The average Bonchev–Trinajstić information content (AvgIpc) is 1.63. The van der Waals surface area contributed by atoms with Gasteiger partial charge in [0.1, 0.15) is 0 Å². The van der Waals surface area contributed by atoms with Crippen LogP contribution in [0.3, 0.4) is 0 Å². The molecule has 14 heavy (non-hydrogen) atoms. The van der Waals surface area contributed by atoms with E-state index in [0.29, 0.717) is 0 Å². The SMILES string of the molecule is CN(C)C.N.NOP(=O)(O)O.[KH].[KH].[KH]. The van der Waals surface area contributed by atoms with Crippen molar-refractivity contribution >= 4 is 162 Å². The molecule has 0 aliphatic rings. The van der Waals surface area contributed by atoms with E-state index in [1.165, 1.54) is 0 Å². The molecule has 0 radical (unpaired) electrons. The van der Waals surface area contributed by atoms with Gasteiger partial charge in [0.2, 0.25) is 0 Å². The van der Waals surface area contributed by atoms with Gasteiger partial charge < -0.3 is 20.8 Å². The number of nitrogens with two attached hydrogens (primary N) is 1. The number of nitrogens with zero attached hydrogens (tertiary/aromatic N) is 1. The van der Waals surface area contributed by atoms with Gasteiger partial charge in [-0.2, -0.15) is 0 Å². The summed E-state index contributed by atoms with van der Waals surface area (Å²) in [6.07, 6.45) is 0. The van der Waals surface area contributed by atoms with Crippen molar-refractivity contribution in [2.75, 3.05) is 21.1 Å². The second-order valence-electron chi connectivity index (χ2n) is 1.94. The number of hydrogen-bond acceptors (Lipinski definition) is 5. The third-order valence-electron chi connectivity index (χ3n) is 0.137. The van der Waals surface area contributed by atoms with E-state index >= 15 is 0 Å². The summed E-state index contributed by atoms with van der Waals surface area (Å²) in [6.45, 7) is 0. The first kappa shape index (κ1) is 36.4. The quantitative estimate of drug-likeness (QED) is 0.237. The number of phosphoric acid groups is 1. The Morgan fingerprint density at radius 1 is 1.14 bits per heavy atom. The van der Waals surface area contributed by atoms with Crippen LogP contribution in [-0.4, -0.2) is 190 Å². The zero-order valence-electron chi connectivity index (χ0n) is 6.89. The van der Waals surface area contributed by atoms with Gasteiger partial charge in [0, 0.05) is 0 Å². The van der Waals surface area contributed by atoms with Gasteiger partial charge >= 0.3 is 162 Å². The van der Waals surface area contributed by atoms with Crippen LogP contribution in [-0.2, 0) is 9.19 Å². The minimum absolute atomic E-state index is 0.